The van der Waals surface area contributed by atoms with Crippen LogP contribution in [0.25, 0.3) is 0 Å². The third-order valence-corrected chi connectivity index (χ3v) is 6.06. The molecular formula is C28H25NO9S. The Kier molecular flexibility index (Phi) is 10.2. The summed E-state index contributed by atoms with van der Waals surface area (Å²) in [6.45, 7) is 2.97. The Morgan fingerprint density at radius 3 is 1.90 bits per heavy atom. The fourth-order valence-corrected chi connectivity index (χ4v) is 4.16. The number of para-hydroxylation sites is 3. The van der Waals surface area contributed by atoms with Gasteiger partial charge in [-0.15, -0.1) is 0 Å². The molecule has 0 aromatic heterocycles. The van der Waals surface area contributed by atoms with Gasteiger partial charge in [0.1, 0.15) is 34.4 Å². The molecular weight excluding hydrogens is 526 g/mol. The molecule has 0 aliphatic heterocycles. The maximum atomic E-state index is 13.1. The van der Waals surface area contributed by atoms with Crippen LogP contribution in [0.1, 0.15) is 44.9 Å². The van der Waals surface area contributed by atoms with Crippen molar-refractivity contribution in [2.75, 3.05) is 12.4 Å². The van der Waals surface area contributed by atoms with E-state index in [1.807, 2.05) is 0 Å². The molecule has 0 fully saturated rings. The number of ether oxygens (including phenoxy) is 3. The van der Waals surface area contributed by atoms with Gasteiger partial charge in [0.05, 0.1) is 12.2 Å². The lowest BCUT2D eigenvalue weighted by atomic mass is 10.2. The molecule has 0 saturated carbocycles. The van der Waals surface area contributed by atoms with Crippen LogP contribution in [0.5, 0.6) is 17.2 Å². The number of nitrogens with one attached hydrogen (secondary N) is 1. The van der Waals surface area contributed by atoms with Crippen molar-refractivity contribution in [3.63, 3.8) is 0 Å². The first-order valence-corrected chi connectivity index (χ1v) is 12.7. The van der Waals surface area contributed by atoms with Crippen molar-refractivity contribution in [3.8, 4) is 17.2 Å². The highest BCUT2D eigenvalue weighted by atomic mass is 32.2. The molecule has 3 aromatic carbocycles. The Labute approximate surface area is 228 Å². The zero-order valence-electron chi connectivity index (χ0n) is 21.0. The van der Waals surface area contributed by atoms with Crippen LogP contribution in [0.15, 0.2) is 72.8 Å². The van der Waals surface area contributed by atoms with Crippen molar-refractivity contribution in [2.24, 2.45) is 0 Å². The number of phenolic OH excluding ortho intramolecular Hbond substituents is 1. The number of hydrogen-bond acceptors (Lipinski definition) is 10. The molecule has 0 aliphatic rings. The van der Waals surface area contributed by atoms with Crippen molar-refractivity contribution in [2.45, 2.75) is 19.9 Å². The van der Waals surface area contributed by atoms with Gasteiger partial charge in [-0.05, 0) is 43.3 Å². The van der Waals surface area contributed by atoms with E-state index in [9.17, 15) is 29.1 Å². The second kappa shape index (κ2) is 13.8. The predicted octanol–water partition coefficient (Wildman–Crippen LogP) is 3.77. The highest BCUT2D eigenvalue weighted by Crippen LogP contribution is 2.27. The summed E-state index contributed by atoms with van der Waals surface area (Å²) in [6.07, 6.45) is 0. The topological polar surface area (TPSA) is 145 Å². The smallest absolute Gasteiger partial charge is 0.347 e. The maximum absolute atomic E-state index is 13.1. The van der Waals surface area contributed by atoms with Crippen molar-refractivity contribution in [1.29, 1.82) is 0 Å². The number of hydrogen-bond donors (Lipinski definition) is 2. The van der Waals surface area contributed by atoms with Crippen molar-refractivity contribution < 1.29 is 43.3 Å². The number of aromatic hydroxyl groups is 1. The fourth-order valence-electron chi connectivity index (χ4n) is 3.30. The monoisotopic (exact) mass is 551 g/mol. The average molecular weight is 552 g/mol. The maximum Gasteiger partial charge on any atom is 0.347 e. The lowest BCUT2D eigenvalue weighted by Gasteiger charge is -2.16. The molecule has 39 heavy (non-hydrogen) atoms. The highest BCUT2D eigenvalue weighted by molar-refractivity contribution is 8.14. The van der Waals surface area contributed by atoms with E-state index in [0.717, 1.165) is 11.8 Å². The molecule has 1 amide bonds. The first kappa shape index (κ1) is 28.9. The van der Waals surface area contributed by atoms with Crippen LogP contribution >= 0.6 is 11.8 Å². The van der Waals surface area contributed by atoms with Crippen LogP contribution < -0.4 is 14.8 Å². The van der Waals surface area contributed by atoms with Gasteiger partial charge in [0.2, 0.25) is 11.0 Å². The van der Waals surface area contributed by atoms with Crippen LogP contribution in [-0.4, -0.2) is 52.4 Å². The third-order valence-electron chi connectivity index (χ3n) is 5.07. The SMILES string of the molecule is CCOC(=O)C(CSC(=O)c1ccccc1OC(=O)c1ccccc1OC(=O)c1ccccc1O)NC(C)=O. The molecule has 0 aliphatic carbocycles. The number of rotatable bonds is 10. The Hall–Kier alpha value is -4.64. The van der Waals surface area contributed by atoms with Gasteiger partial charge in [-0.2, -0.15) is 0 Å². The summed E-state index contributed by atoms with van der Waals surface area (Å²) >= 11 is 0.743. The lowest BCUT2D eigenvalue weighted by molar-refractivity contribution is -0.146. The molecule has 3 aromatic rings. The van der Waals surface area contributed by atoms with Gasteiger partial charge in [-0.1, -0.05) is 48.2 Å². The van der Waals surface area contributed by atoms with Gasteiger partial charge in [0.25, 0.3) is 0 Å². The summed E-state index contributed by atoms with van der Waals surface area (Å²) in [5.74, 6) is -3.48. The van der Waals surface area contributed by atoms with Crippen LogP contribution in [0.4, 0.5) is 0 Å². The van der Waals surface area contributed by atoms with E-state index in [2.05, 4.69) is 5.32 Å². The minimum absolute atomic E-state index is 0.0463. The van der Waals surface area contributed by atoms with E-state index in [1.54, 1.807) is 43.3 Å². The molecule has 2 N–H and O–H groups in total. The van der Waals surface area contributed by atoms with Crippen molar-refractivity contribution >= 4 is 40.7 Å². The fraction of sp³-hybridized carbons (Fsp3) is 0.179. The summed E-state index contributed by atoms with van der Waals surface area (Å²) in [7, 11) is 0. The second-order valence-electron chi connectivity index (χ2n) is 7.89. The minimum atomic E-state index is -1.04. The minimum Gasteiger partial charge on any atom is -0.507 e. The molecule has 0 radical (unpaired) electrons. The van der Waals surface area contributed by atoms with E-state index in [-0.39, 0.29) is 46.3 Å². The van der Waals surface area contributed by atoms with Crippen LogP contribution in [0.2, 0.25) is 0 Å². The van der Waals surface area contributed by atoms with Crippen molar-refractivity contribution in [1.82, 2.24) is 5.32 Å². The van der Waals surface area contributed by atoms with Gasteiger partial charge in [0.15, 0.2) is 0 Å². The molecule has 3 rings (SSSR count). The Morgan fingerprint density at radius 1 is 0.795 bits per heavy atom. The van der Waals surface area contributed by atoms with Gasteiger partial charge < -0.3 is 24.6 Å². The van der Waals surface area contributed by atoms with E-state index < -0.39 is 35.0 Å². The first-order valence-electron chi connectivity index (χ1n) is 11.7. The van der Waals surface area contributed by atoms with E-state index >= 15 is 0 Å². The van der Waals surface area contributed by atoms with Crippen LogP contribution in [0.3, 0.4) is 0 Å². The Balaban J connectivity index is 1.76. The summed E-state index contributed by atoms with van der Waals surface area (Å²) in [5, 5.41) is 11.9. The Morgan fingerprint density at radius 2 is 1.31 bits per heavy atom. The van der Waals surface area contributed by atoms with Crippen molar-refractivity contribution in [3.05, 3.63) is 89.5 Å². The standard InChI is InChI=1S/C28H25NO9S/c1-3-36-27(34)21(29-17(2)30)16-39-28(35)20-12-6-9-15-24(20)38-26(33)19-11-5-8-14-23(19)37-25(32)18-10-4-7-13-22(18)31/h4-15,21,31H,3,16H2,1-2H3,(H,29,30). The largest absolute Gasteiger partial charge is 0.507 e. The van der Waals surface area contributed by atoms with Gasteiger partial charge in [-0.25, -0.2) is 14.4 Å². The van der Waals surface area contributed by atoms with E-state index in [4.69, 9.17) is 14.2 Å². The number of carbonyl (C=O) groups is 5. The normalized spacial score (nSPS) is 11.1. The zero-order valence-corrected chi connectivity index (χ0v) is 21.9. The molecule has 0 spiro atoms. The summed E-state index contributed by atoms with van der Waals surface area (Å²) in [5.41, 5.74) is -0.136. The van der Waals surface area contributed by atoms with E-state index in [0.29, 0.717) is 0 Å². The number of phenols is 1. The summed E-state index contributed by atoms with van der Waals surface area (Å²) < 4.78 is 15.8. The highest BCUT2D eigenvalue weighted by Gasteiger charge is 2.25. The second-order valence-corrected chi connectivity index (χ2v) is 8.88. The molecule has 1 unspecified atom stereocenters. The number of benzene rings is 3. The third kappa shape index (κ3) is 7.92. The molecule has 0 bridgehead atoms. The predicted molar refractivity (Wildman–Crippen MR) is 142 cm³/mol. The lowest BCUT2D eigenvalue weighted by Crippen LogP contribution is -2.42. The summed E-state index contributed by atoms with van der Waals surface area (Å²) in [6, 6.07) is 16.6. The van der Waals surface area contributed by atoms with Crippen LogP contribution in [0, 0.1) is 0 Å². The Bertz CT molecular complexity index is 1390. The quantitative estimate of drug-likeness (QED) is 0.282. The average Bonchev–Trinajstić information content (AvgIpc) is 2.91. The van der Waals surface area contributed by atoms with Gasteiger partial charge in [0, 0.05) is 12.7 Å². The number of esters is 3. The molecule has 1 atom stereocenters. The first-order chi connectivity index (χ1) is 18.7. The molecule has 11 heteroatoms. The molecule has 0 saturated heterocycles. The van der Waals surface area contributed by atoms with Gasteiger partial charge in [-0.3, -0.25) is 9.59 Å². The number of amides is 1. The van der Waals surface area contributed by atoms with Gasteiger partial charge >= 0.3 is 17.9 Å². The number of carbonyl (C=O) groups excluding carboxylic acids is 5. The molecule has 0 heterocycles. The van der Waals surface area contributed by atoms with Crippen LogP contribution in [-0.2, 0) is 14.3 Å². The van der Waals surface area contributed by atoms with E-state index in [1.165, 1.54) is 43.3 Å². The summed E-state index contributed by atoms with van der Waals surface area (Å²) in [4.78, 5) is 62.2. The number of thioether (sulfide) groups is 1. The molecule has 10 nitrogen and oxygen atoms in total. The zero-order chi connectivity index (χ0) is 28.4. The molecule has 202 valence electrons.